The molecule has 1 unspecified atom stereocenters. The van der Waals surface area contributed by atoms with E-state index in [1.165, 1.54) is 18.1 Å². The van der Waals surface area contributed by atoms with E-state index in [-0.39, 0.29) is 10.8 Å². The molecular formula is C21H25N3O3S. The van der Waals surface area contributed by atoms with Crippen molar-refractivity contribution in [2.24, 2.45) is 0 Å². The van der Waals surface area contributed by atoms with Gasteiger partial charge in [-0.2, -0.15) is 4.31 Å². The summed E-state index contributed by atoms with van der Waals surface area (Å²) in [7, 11) is -3.52. The Morgan fingerprint density at radius 2 is 1.68 bits per heavy atom. The molecule has 1 N–H and O–H groups in total. The van der Waals surface area contributed by atoms with Crippen molar-refractivity contribution in [2.75, 3.05) is 31.5 Å². The third kappa shape index (κ3) is 3.70. The highest BCUT2D eigenvalue weighted by atomic mass is 32.2. The third-order valence-electron chi connectivity index (χ3n) is 5.63. The number of benzene rings is 2. The van der Waals surface area contributed by atoms with Crippen LogP contribution in [0.3, 0.4) is 0 Å². The average Bonchev–Trinajstić information content (AvgIpc) is 3.12. The molecule has 148 valence electrons. The number of anilines is 1. The molecule has 1 atom stereocenters. The molecule has 1 aliphatic carbocycles. The number of aryl methyl sites for hydroxylation is 1. The van der Waals surface area contributed by atoms with Gasteiger partial charge in [-0.1, -0.05) is 24.3 Å². The molecule has 1 fully saturated rings. The number of carbonyl (C=O) groups is 1. The molecule has 0 bridgehead atoms. The van der Waals surface area contributed by atoms with Crippen LogP contribution in [-0.4, -0.2) is 49.7 Å². The minimum atomic E-state index is -3.52. The fourth-order valence-electron chi connectivity index (χ4n) is 4.23. The fraction of sp³-hybridized carbons (Fsp3) is 0.381. The van der Waals surface area contributed by atoms with Crippen molar-refractivity contribution in [1.82, 2.24) is 9.21 Å². The van der Waals surface area contributed by atoms with Crippen molar-refractivity contribution in [3.63, 3.8) is 0 Å². The highest BCUT2D eigenvalue weighted by molar-refractivity contribution is 7.89. The van der Waals surface area contributed by atoms with Crippen LogP contribution in [0.5, 0.6) is 0 Å². The second kappa shape index (κ2) is 7.66. The van der Waals surface area contributed by atoms with Gasteiger partial charge in [-0.3, -0.25) is 9.69 Å². The van der Waals surface area contributed by atoms with E-state index in [1.807, 2.05) is 0 Å². The molecule has 2 aromatic rings. The van der Waals surface area contributed by atoms with Crippen LogP contribution in [0.2, 0.25) is 0 Å². The first-order valence-corrected chi connectivity index (χ1v) is 11.1. The highest BCUT2D eigenvalue weighted by Crippen LogP contribution is 2.36. The van der Waals surface area contributed by atoms with Gasteiger partial charge in [0.15, 0.2) is 0 Å². The van der Waals surface area contributed by atoms with Crippen LogP contribution in [0.4, 0.5) is 5.69 Å². The molecule has 0 aromatic heterocycles. The van der Waals surface area contributed by atoms with E-state index in [1.54, 1.807) is 28.6 Å². The van der Waals surface area contributed by atoms with Crippen LogP contribution in [0.15, 0.2) is 53.4 Å². The summed E-state index contributed by atoms with van der Waals surface area (Å²) in [5.74, 6) is -0.180. The third-order valence-corrected chi connectivity index (χ3v) is 7.54. The van der Waals surface area contributed by atoms with Gasteiger partial charge in [0.25, 0.3) is 0 Å². The van der Waals surface area contributed by atoms with E-state index in [0.717, 1.165) is 25.9 Å². The molecule has 2 aliphatic rings. The van der Waals surface area contributed by atoms with Gasteiger partial charge in [0, 0.05) is 44.8 Å². The Bertz CT molecular complexity index is 965. The molecular weight excluding hydrogens is 374 g/mol. The van der Waals surface area contributed by atoms with Crippen LogP contribution in [0.1, 0.15) is 30.5 Å². The first-order chi connectivity index (χ1) is 13.4. The normalized spacial score (nSPS) is 20.7. The van der Waals surface area contributed by atoms with E-state index >= 15 is 0 Å². The summed E-state index contributed by atoms with van der Waals surface area (Å²) >= 11 is 0. The molecule has 0 spiro atoms. The topological polar surface area (TPSA) is 69.7 Å². The van der Waals surface area contributed by atoms with Crippen LogP contribution in [0.25, 0.3) is 0 Å². The maximum Gasteiger partial charge on any atom is 0.243 e. The fourth-order valence-corrected chi connectivity index (χ4v) is 5.65. The SMILES string of the molecule is CC(=O)Nc1ccc(S(=O)(=O)N2CCN(C3CCc4ccccc43)CC2)cc1. The number of rotatable bonds is 4. The van der Waals surface area contributed by atoms with E-state index in [0.29, 0.717) is 24.8 Å². The van der Waals surface area contributed by atoms with Gasteiger partial charge in [-0.15, -0.1) is 0 Å². The smallest absolute Gasteiger partial charge is 0.243 e. The minimum Gasteiger partial charge on any atom is -0.326 e. The summed E-state index contributed by atoms with van der Waals surface area (Å²) in [5.41, 5.74) is 3.41. The van der Waals surface area contributed by atoms with E-state index < -0.39 is 10.0 Å². The number of piperazine rings is 1. The molecule has 1 amide bonds. The average molecular weight is 400 g/mol. The summed E-state index contributed by atoms with van der Waals surface area (Å²) in [5, 5.41) is 2.65. The number of sulfonamides is 1. The monoisotopic (exact) mass is 399 g/mol. The van der Waals surface area contributed by atoms with Gasteiger partial charge in [0.05, 0.1) is 4.90 Å². The first kappa shape index (κ1) is 19.1. The Morgan fingerprint density at radius 3 is 2.36 bits per heavy atom. The molecule has 1 aliphatic heterocycles. The van der Waals surface area contributed by atoms with E-state index in [4.69, 9.17) is 0 Å². The molecule has 28 heavy (non-hydrogen) atoms. The summed E-state index contributed by atoms with van der Waals surface area (Å²) in [6, 6.07) is 15.3. The van der Waals surface area contributed by atoms with Crippen molar-refractivity contribution in [2.45, 2.75) is 30.7 Å². The zero-order chi connectivity index (χ0) is 19.7. The largest absolute Gasteiger partial charge is 0.326 e. The Kier molecular flexibility index (Phi) is 5.23. The zero-order valence-corrected chi connectivity index (χ0v) is 16.8. The first-order valence-electron chi connectivity index (χ1n) is 9.65. The zero-order valence-electron chi connectivity index (χ0n) is 16.0. The van der Waals surface area contributed by atoms with Crippen LogP contribution in [0, 0.1) is 0 Å². The van der Waals surface area contributed by atoms with Crippen LogP contribution >= 0.6 is 0 Å². The lowest BCUT2D eigenvalue weighted by atomic mass is 10.1. The molecule has 1 saturated heterocycles. The molecule has 1 heterocycles. The number of carbonyl (C=O) groups excluding carboxylic acids is 1. The van der Waals surface area contributed by atoms with Crippen molar-refractivity contribution in [1.29, 1.82) is 0 Å². The van der Waals surface area contributed by atoms with E-state index in [9.17, 15) is 13.2 Å². The lowest BCUT2D eigenvalue weighted by Crippen LogP contribution is -2.49. The van der Waals surface area contributed by atoms with Gasteiger partial charge in [-0.05, 0) is 48.2 Å². The number of fused-ring (bicyclic) bond motifs is 1. The molecule has 4 rings (SSSR count). The standard InChI is InChI=1S/C21H25N3O3S/c1-16(25)22-18-7-9-19(10-8-18)28(26,27)24-14-12-23(13-15-24)21-11-6-17-4-2-3-5-20(17)21/h2-5,7-10,21H,6,11-15H2,1H3,(H,22,25). The number of hydrogen-bond donors (Lipinski definition) is 1. The molecule has 0 saturated carbocycles. The Hall–Kier alpha value is -2.22. The quantitative estimate of drug-likeness (QED) is 0.858. The summed E-state index contributed by atoms with van der Waals surface area (Å²) < 4.78 is 27.5. The lowest BCUT2D eigenvalue weighted by Gasteiger charge is -2.37. The summed E-state index contributed by atoms with van der Waals surface area (Å²) in [4.78, 5) is 13.8. The van der Waals surface area contributed by atoms with Crippen molar-refractivity contribution >= 4 is 21.6 Å². The number of hydrogen-bond acceptors (Lipinski definition) is 4. The minimum absolute atomic E-state index is 0.180. The summed E-state index contributed by atoms with van der Waals surface area (Å²) in [6.45, 7) is 3.89. The molecule has 0 radical (unpaired) electrons. The predicted molar refractivity (Wildman–Crippen MR) is 109 cm³/mol. The van der Waals surface area contributed by atoms with Crippen LogP contribution < -0.4 is 5.32 Å². The second-order valence-electron chi connectivity index (χ2n) is 7.40. The number of nitrogens with zero attached hydrogens (tertiary/aromatic N) is 2. The highest BCUT2D eigenvalue weighted by Gasteiger charge is 2.33. The maximum atomic E-state index is 13.0. The number of amides is 1. The second-order valence-corrected chi connectivity index (χ2v) is 9.34. The Labute approximate surface area is 166 Å². The van der Waals surface area contributed by atoms with E-state index in [2.05, 4.69) is 34.5 Å². The lowest BCUT2D eigenvalue weighted by molar-refractivity contribution is -0.114. The Morgan fingerprint density at radius 1 is 1.00 bits per heavy atom. The van der Waals surface area contributed by atoms with Gasteiger partial charge < -0.3 is 5.32 Å². The predicted octanol–water partition coefficient (Wildman–Crippen LogP) is 2.64. The molecule has 2 aromatic carbocycles. The van der Waals surface area contributed by atoms with Crippen LogP contribution in [-0.2, 0) is 21.2 Å². The van der Waals surface area contributed by atoms with Crippen molar-refractivity contribution < 1.29 is 13.2 Å². The van der Waals surface area contributed by atoms with Crippen molar-refractivity contribution in [3.8, 4) is 0 Å². The van der Waals surface area contributed by atoms with Gasteiger partial charge in [0.1, 0.15) is 0 Å². The van der Waals surface area contributed by atoms with Crippen molar-refractivity contribution in [3.05, 3.63) is 59.7 Å². The van der Waals surface area contributed by atoms with Gasteiger partial charge in [-0.25, -0.2) is 8.42 Å². The number of nitrogens with one attached hydrogen (secondary N) is 1. The van der Waals surface area contributed by atoms with Gasteiger partial charge >= 0.3 is 0 Å². The van der Waals surface area contributed by atoms with Gasteiger partial charge in [0.2, 0.25) is 15.9 Å². The summed E-state index contributed by atoms with van der Waals surface area (Å²) in [6.07, 6.45) is 2.21. The molecule has 7 heteroatoms. The maximum absolute atomic E-state index is 13.0. The Balaban J connectivity index is 1.42. The molecule has 6 nitrogen and oxygen atoms in total.